The van der Waals surface area contributed by atoms with Crippen LogP contribution in [0.5, 0.6) is 0 Å². The number of aliphatic carboxylic acids is 1. The minimum atomic E-state index is -0.933. The third-order valence-electron chi connectivity index (χ3n) is 3.25. The molecule has 0 fully saturated rings. The standard InChI is InChI=1S/C14H16N2O4/c1-2-16(6-5-13(18)19)14(20)10-4-3-9-8-12(17)15-11(9)7-10/h3-4,7H,2,5-6,8H2,1H3,(H,15,17)(H,18,19). The molecule has 1 heterocycles. The molecule has 6 heteroatoms. The second-order valence-corrected chi connectivity index (χ2v) is 4.63. The molecule has 0 aliphatic carbocycles. The number of benzene rings is 1. The van der Waals surface area contributed by atoms with E-state index in [1.807, 2.05) is 0 Å². The highest BCUT2D eigenvalue weighted by Gasteiger charge is 2.21. The molecule has 2 amide bonds. The molecule has 0 saturated heterocycles. The van der Waals surface area contributed by atoms with Crippen molar-refractivity contribution >= 4 is 23.5 Å². The lowest BCUT2D eigenvalue weighted by molar-refractivity contribution is -0.137. The first kappa shape index (κ1) is 14.0. The summed E-state index contributed by atoms with van der Waals surface area (Å²) in [5.74, 6) is -1.24. The van der Waals surface area contributed by atoms with Gasteiger partial charge in [-0.3, -0.25) is 14.4 Å². The van der Waals surface area contributed by atoms with Crippen LogP contribution in [0.1, 0.15) is 29.3 Å². The summed E-state index contributed by atoms with van der Waals surface area (Å²) in [6, 6.07) is 5.07. The minimum Gasteiger partial charge on any atom is -0.481 e. The predicted octanol–water partition coefficient (Wildman–Crippen LogP) is 1.12. The van der Waals surface area contributed by atoms with E-state index in [4.69, 9.17) is 5.11 Å². The predicted molar refractivity (Wildman–Crippen MR) is 72.6 cm³/mol. The highest BCUT2D eigenvalue weighted by Crippen LogP contribution is 2.24. The van der Waals surface area contributed by atoms with E-state index < -0.39 is 5.97 Å². The van der Waals surface area contributed by atoms with Gasteiger partial charge in [0.1, 0.15) is 0 Å². The van der Waals surface area contributed by atoms with E-state index in [0.29, 0.717) is 24.2 Å². The molecule has 0 bridgehead atoms. The van der Waals surface area contributed by atoms with Gasteiger partial charge in [-0.15, -0.1) is 0 Å². The van der Waals surface area contributed by atoms with Crippen molar-refractivity contribution in [3.63, 3.8) is 0 Å². The maximum Gasteiger partial charge on any atom is 0.305 e. The normalized spacial score (nSPS) is 12.8. The number of anilines is 1. The Labute approximate surface area is 116 Å². The van der Waals surface area contributed by atoms with Crippen LogP contribution in [0.3, 0.4) is 0 Å². The smallest absolute Gasteiger partial charge is 0.305 e. The van der Waals surface area contributed by atoms with Gasteiger partial charge in [0.2, 0.25) is 5.91 Å². The average molecular weight is 276 g/mol. The number of hydrogen-bond donors (Lipinski definition) is 2. The monoisotopic (exact) mass is 276 g/mol. The number of carbonyl (C=O) groups excluding carboxylic acids is 2. The summed E-state index contributed by atoms with van der Waals surface area (Å²) in [5, 5.41) is 11.4. The summed E-state index contributed by atoms with van der Waals surface area (Å²) < 4.78 is 0. The van der Waals surface area contributed by atoms with Gasteiger partial charge < -0.3 is 15.3 Å². The van der Waals surface area contributed by atoms with Crippen molar-refractivity contribution in [2.24, 2.45) is 0 Å². The number of rotatable bonds is 5. The Balaban J connectivity index is 2.14. The minimum absolute atomic E-state index is 0.0807. The summed E-state index contributed by atoms with van der Waals surface area (Å²) >= 11 is 0. The Morgan fingerprint density at radius 2 is 2.15 bits per heavy atom. The highest BCUT2D eigenvalue weighted by molar-refractivity contribution is 6.02. The molecule has 0 atom stereocenters. The van der Waals surface area contributed by atoms with Crippen molar-refractivity contribution in [3.8, 4) is 0 Å². The van der Waals surface area contributed by atoms with Crippen LogP contribution in [0.15, 0.2) is 18.2 Å². The average Bonchev–Trinajstić information content (AvgIpc) is 2.77. The zero-order valence-corrected chi connectivity index (χ0v) is 11.2. The van der Waals surface area contributed by atoms with E-state index in [1.165, 1.54) is 4.90 Å². The van der Waals surface area contributed by atoms with Gasteiger partial charge >= 0.3 is 5.97 Å². The number of hydrogen-bond acceptors (Lipinski definition) is 3. The van der Waals surface area contributed by atoms with Gasteiger partial charge in [0.15, 0.2) is 0 Å². The summed E-state index contributed by atoms with van der Waals surface area (Å²) in [5.41, 5.74) is 1.99. The molecule has 1 aromatic carbocycles. The number of nitrogens with one attached hydrogen (secondary N) is 1. The Morgan fingerprint density at radius 1 is 1.40 bits per heavy atom. The molecular formula is C14H16N2O4. The molecule has 0 radical (unpaired) electrons. The first-order chi connectivity index (χ1) is 9.51. The van der Waals surface area contributed by atoms with Crippen molar-refractivity contribution in [1.29, 1.82) is 0 Å². The van der Waals surface area contributed by atoms with Crippen LogP contribution in [0.4, 0.5) is 5.69 Å². The molecule has 106 valence electrons. The zero-order chi connectivity index (χ0) is 14.7. The number of fused-ring (bicyclic) bond motifs is 1. The van der Waals surface area contributed by atoms with Crippen LogP contribution in [0, 0.1) is 0 Å². The number of carboxylic acids is 1. The molecule has 0 spiro atoms. The Hall–Kier alpha value is -2.37. The molecule has 0 aromatic heterocycles. The second-order valence-electron chi connectivity index (χ2n) is 4.63. The van der Waals surface area contributed by atoms with E-state index in [2.05, 4.69) is 5.32 Å². The molecule has 0 saturated carbocycles. The van der Waals surface area contributed by atoms with Crippen LogP contribution < -0.4 is 5.32 Å². The fourth-order valence-corrected chi connectivity index (χ4v) is 2.16. The van der Waals surface area contributed by atoms with E-state index >= 15 is 0 Å². The molecule has 2 rings (SSSR count). The largest absolute Gasteiger partial charge is 0.481 e. The molecular weight excluding hydrogens is 260 g/mol. The van der Waals surface area contributed by atoms with Crippen LogP contribution in [0.25, 0.3) is 0 Å². The third kappa shape index (κ3) is 2.96. The van der Waals surface area contributed by atoms with E-state index in [1.54, 1.807) is 25.1 Å². The van der Waals surface area contributed by atoms with Crippen LogP contribution in [0.2, 0.25) is 0 Å². The molecule has 1 aliphatic heterocycles. The maximum absolute atomic E-state index is 12.3. The molecule has 0 unspecified atom stereocenters. The fraction of sp³-hybridized carbons (Fsp3) is 0.357. The topological polar surface area (TPSA) is 86.7 Å². The van der Waals surface area contributed by atoms with Crippen LogP contribution in [-0.4, -0.2) is 40.9 Å². The van der Waals surface area contributed by atoms with E-state index in [0.717, 1.165) is 5.56 Å². The highest BCUT2D eigenvalue weighted by atomic mass is 16.4. The van der Waals surface area contributed by atoms with Gasteiger partial charge in [-0.1, -0.05) is 6.07 Å². The van der Waals surface area contributed by atoms with E-state index in [9.17, 15) is 14.4 Å². The van der Waals surface area contributed by atoms with Crippen molar-refractivity contribution in [3.05, 3.63) is 29.3 Å². The second kappa shape index (κ2) is 5.73. The van der Waals surface area contributed by atoms with Gasteiger partial charge in [0.05, 0.1) is 12.8 Å². The lowest BCUT2D eigenvalue weighted by Gasteiger charge is -2.20. The van der Waals surface area contributed by atoms with Gasteiger partial charge in [0, 0.05) is 24.3 Å². The van der Waals surface area contributed by atoms with Gasteiger partial charge in [-0.05, 0) is 24.6 Å². The zero-order valence-electron chi connectivity index (χ0n) is 11.2. The van der Waals surface area contributed by atoms with Crippen LogP contribution in [-0.2, 0) is 16.0 Å². The van der Waals surface area contributed by atoms with Crippen molar-refractivity contribution < 1.29 is 19.5 Å². The Kier molecular flexibility index (Phi) is 4.02. The molecule has 1 aromatic rings. The lowest BCUT2D eigenvalue weighted by Crippen LogP contribution is -2.32. The number of carbonyl (C=O) groups is 3. The van der Waals surface area contributed by atoms with Gasteiger partial charge in [-0.2, -0.15) is 0 Å². The van der Waals surface area contributed by atoms with Gasteiger partial charge in [-0.25, -0.2) is 0 Å². The number of amides is 2. The molecule has 2 N–H and O–H groups in total. The number of nitrogens with zero attached hydrogens (tertiary/aromatic N) is 1. The summed E-state index contributed by atoms with van der Waals surface area (Å²) in [6.45, 7) is 2.42. The summed E-state index contributed by atoms with van der Waals surface area (Å²) in [7, 11) is 0. The number of carboxylic acid groups (broad SMARTS) is 1. The summed E-state index contributed by atoms with van der Waals surface area (Å²) in [4.78, 5) is 35.6. The molecule has 1 aliphatic rings. The first-order valence-corrected chi connectivity index (χ1v) is 6.45. The van der Waals surface area contributed by atoms with Crippen molar-refractivity contribution in [2.45, 2.75) is 19.8 Å². The third-order valence-corrected chi connectivity index (χ3v) is 3.25. The SMILES string of the molecule is CCN(CCC(=O)O)C(=O)c1ccc2c(c1)NC(=O)C2. The quantitative estimate of drug-likeness (QED) is 0.843. The van der Waals surface area contributed by atoms with Gasteiger partial charge in [0.25, 0.3) is 5.91 Å². The first-order valence-electron chi connectivity index (χ1n) is 6.45. The Morgan fingerprint density at radius 3 is 2.80 bits per heavy atom. The lowest BCUT2D eigenvalue weighted by atomic mass is 10.1. The molecule has 6 nitrogen and oxygen atoms in total. The molecule has 20 heavy (non-hydrogen) atoms. The Bertz CT molecular complexity index is 568. The van der Waals surface area contributed by atoms with Crippen molar-refractivity contribution in [1.82, 2.24) is 4.90 Å². The maximum atomic E-state index is 12.3. The van der Waals surface area contributed by atoms with E-state index in [-0.39, 0.29) is 24.8 Å². The fourth-order valence-electron chi connectivity index (χ4n) is 2.16. The summed E-state index contributed by atoms with van der Waals surface area (Å²) in [6.07, 6.45) is 0.252. The van der Waals surface area contributed by atoms with Crippen LogP contribution >= 0.6 is 0 Å². The van der Waals surface area contributed by atoms with Crippen molar-refractivity contribution in [2.75, 3.05) is 18.4 Å².